The number of anilines is 1. The fraction of sp³-hybridized carbons (Fsp3) is 0.733. The molecular weight excluding hydrogens is 302 g/mol. The summed E-state index contributed by atoms with van der Waals surface area (Å²) in [5.74, 6) is 3.91. The van der Waals surface area contributed by atoms with E-state index in [0.29, 0.717) is 0 Å². The third kappa shape index (κ3) is 3.91. The lowest BCUT2D eigenvalue weighted by Crippen LogP contribution is -2.29. The molecule has 104 valence electrons. The van der Waals surface area contributed by atoms with Gasteiger partial charge in [0.15, 0.2) is 0 Å². The van der Waals surface area contributed by atoms with Crippen LogP contribution in [0.15, 0.2) is 10.7 Å². The molecule has 1 aromatic rings. The molecule has 2 aliphatic carbocycles. The highest BCUT2D eigenvalue weighted by atomic mass is 79.9. The Bertz CT molecular complexity index is 427. The number of nitrogens with zero attached hydrogens (tertiary/aromatic N) is 3. The minimum absolute atomic E-state index is 0.905. The van der Waals surface area contributed by atoms with E-state index in [1.54, 1.807) is 0 Å². The summed E-state index contributed by atoms with van der Waals surface area (Å²) < 4.78 is 0.928. The maximum Gasteiger partial charge on any atom is 0.133 e. The van der Waals surface area contributed by atoms with Crippen molar-refractivity contribution < 1.29 is 0 Å². The first kappa shape index (κ1) is 13.3. The summed E-state index contributed by atoms with van der Waals surface area (Å²) in [6.45, 7) is 4.55. The van der Waals surface area contributed by atoms with E-state index in [9.17, 15) is 0 Å². The first-order valence-corrected chi connectivity index (χ1v) is 8.32. The molecule has 2 aliphatic rings. The van der Waals surface area contributed by atoms with E-state index in [4.69, 9.17) is 4.98 Å². The van der Waals surface area contributed by atoms with Crippen molar-refractivity contribution in [3.05, 3.63) is 16.5 Å². The minimum Gasteiger partial charge on any atom is -0.356 e. The van der Waals surface area contributed by atoms with Crippen molar-refractivity contribution in [2.45, 2.75) is 45.4 Å². The Labute approximate surface area is 124 Å². The zero-order chi connectivity index (χ0) is 13.2. The van der Waals surface area contributed by atoms with Crippen LogP contribution in [-0.4, -0.2) is 23.1 Å². The fourth-order valence-corrected chi connectivity index (χ4v) is 2.84. The summed E-state index contributed by atoms with van der Waals surface area (Å²) >= 11 is 3.54. The van der Waals surface area contributed by atoms with E-state index in [0.717, 1.165) is 40.9 Å². The topological polar surface area (TPSA) is 29.0 Å². The summed E-state index contributed by atoms with van der Waals surface area (Å²) in [6.07, 6.45) is 7.66. The van der Waals surface area contributed by atoms with Gasteiger partial charge in [-0.05, 0) is 59.9 Å². The van der Waals surface area contributed by atoms with Crippen LogP contribution in [0, 0.1) is 11.8 Å². The molecule has 2 fully saturated rings. The van der Waals surface area contributed by atoms with Gasteiger partial charge in [-0.3, -0.25) is 0 Å². The summed E-state index contributed by atoms with van der Waals surface area (Å²) in [5, 5.41) is 0. The first-order valence-electron chi connectivity index (χ1n) is 7.53. The Morgan fingerprint density at radius 1 is 1.16 bits per heavy atom. The van der Waals surface area contributed by atoms with Gasteiger partial charge in [-0.1, -0.05) is 6.92 Å². The largest absolute Gasteiger partial charge is 0.356 e. The van der Waals surface area contributed by atoms with Crippen molar-refractivity contribution in [1.29, 1.82) is 0 Å². The Hall–Kier alpha value is -0.640. The number of hydrogen-bond donors (Lipinski definition) is 0. The van der Waals surface area contributed by atoms with Crippen molar-refractivity contribution in [2.24, 2.45) is 11.8 Å². The second-order valence-electron chi connectivity index (χ2n) is 6.01. The van der Waals surface area contributed by atoms with Gasteiger partial charge in [0.1, 0.15) is 16.2 Å². The molecule has 0 amide bonds. The molecule has 19 heavy (non-hydrogen) atoms. The Morgan fingerprint density at radius 2 is 1.79 bits per heavy atom. The average Bonchev–Trinajstić information content (AvgIpc) is 3.22. The van der Waals surface area contributed by atoms with E-state index in [-0.39, 0.29) is 0 Å². The molecular formula is C15H22BrN3. The fourth-order valence-electron chi connectivity index (χ4n) is 2.43. The average molecular weight is 324 g/mol. The quantitative estimate of drug-likeness (QED) is 0.714. The van der Waals surface area contributed by atoms with E-state index in [1.165, 1.54) is 38.8 Å². The third-order valence-corrected chi connectivity index (χ3v) is 4.28. The highest BCUT2D eigenvalue weighted by molar-refractivity contribution is 9.10. The molecule has 0 radical (unpaired) electrons. The second-order valence-corrected chi connectivity index (χ2v) is 6.82. The third-order valence-electron chi connectivity index (χ3n) is 3.88. The summed E-state index contributed by atoms with van der Waals surface area (Å²) in [4.78, 5) is 11.7. The van der Waals surface area contributed by atoms with Gasteiger partial charge in [-0.25, -0.2) is 9.97 Å². The lowest BCUT2D eigenvalue weighted by atomic mass is 10.3. The van der Waals surface area contributed by atoms with Crippen LogP contribution in [0.3, 0.4) is 0 Å². The second kappa shape index (κ2) is 5.78. The summed E-state index contributed by atoms with van der Waals surface area (Å²) in [7, 11) is 0. The number of aromatic nitrogens is 2. The Kier molecular flexibility index (Phi) is 4.06. The summed E-state index contributed by atoms with van der Waals surface area (Å²) in [6, 6.07) is 2.09. The normalized spacial score (nSPS) is 18.6. The van der Waals surface area contributed by atoms with Gasteiger partial charge in [-0.15, -0.1) is 0 Å². The SMILES string of the molecule is CCCc1nc(Br)cc(N(CC2CC2)CC2CC2)n1. The van der Waals surface area contributed by atoms with Crippen molar-refractivity contribution in [2.75, 3.05) is 18.0 Å². The van der Waals surface area contributed by atoms with E-state index >= 15 is 0 Å². The lowest BCUT2D eigenvalue weighted by Gasteiger charge is -2.24. The van der Waals surface area contributed by atoms with Gasteiger partial charge in [0.2, 0.25) is 0 Å². The van der Waals surface area contributed by atoms with Crippen LogP contribution in [0.1, 0.15) is 44.9 Å². The van der Waals surface area contributed by atoms with Crippen LogP contribution in [0.4, 0.5) is 5.82 Å². The molecule has 0 atom stereocenters. The maximum atomic E-state index is 4.77. The highest BCUT2D eigenvalue weighted by Crippen LogP contribution is 2.35. The molecule has 0 aromatic carbocycles. The Balaban J connectivity index is 1.77. The van der Waals surface area contributed by atoms with Gasteiger partial charge < -0.3 is 4.90 Å². The molecule has 0 spiro atoms. The lowest BCUT2D eigenvalue weighted by molar-refractivity contribution is 0.665. The van der Waals surface area contributed by atoms with Crippen LogP contribution in [-0.2, 0) is 6.42 Å². The molecule has 3 nitrogen and oxygen atoms in total. The number of aryl methyl sites for hydroxylation is 1. The zero-order valence-electron chi connectivity index (χ0n) is 11.6. The molecule has 4 heteroatoms. The molecule has 0 aliphatic heterocycles. The van der Waals surface area contributed by atoms with Crippen LogP contribution in [0.25, 0.3) is 0 Å². The van der Waals surface area contributed by atoms with Crippen LogP contribution in [0.5, 0.6) is 0 Å². The van der Waals surface area contributed by atoms with Crippen molar-refractivity contribution in [3.63, 3.8) is 0 Å². The molecule has 0 bridgehead atoms. The molecule has 0 unspecified atom stereocenters. The van der Waals surface area contributed by atoms with E-state index < -0.39 is 0 Å². The van der Waals surface area contributed by atoms with Crippen LogP contribution in [0.2, 0.25) is 0 Å². The predicted octanol–water partition coefficient (Wildman–Crippen LogP) is 3.82. The van der Waals surface area contributed by atoms with Crippen molar-refractivity contribution in [3.8, 4) is 0 Å². The molecule has 0 N–H and O–H groups in total. The molecule has 0 saturated heterocycles. The standard InChI is InChI=1S/C15H22BrN3/c1-2-3-14-17-13(16)8-15(18-14)19(9-11-4-5-11)10-12-6-7-12/h8,11-12H,2-7,9-10H2,1H3. The minimum atomic E-state index is 0.905. The van der Waals surface area contributed by atoms with Gasteiger partial charge in [0.25, 0.3) is 0 Å². The van der Waals surface area contributed by atoms with Crippen molar-refractivity contribution in [1.82, 2.24) is 9.97 Å². The molecule has 2 saturated carbocycles. The van der Waals surface area contributed by atoms with Crippen LogP contribution >= 0.6 is 15.9 Å². The van der Waals surface area contributed by atoms with Gasteiger partial charge in [0, 0.05) is 25.6 Å². The number of rotatable bonds is 7. The number of hydrogen-bond acceptors (Lipinski definition) is 3. The van der Waals surface area contributed by atoms with Gasteiger partial charge in [0.05, 0.1) is 0 Å². The Morgan fingerprint density at radius 3 is 2.32 bits per heavy atom. The summed E-state index contributed by atoms with van der Waals surface area (Å²) in [5.41, 5.74) is 0. The molecule has 3 rings (SSSR count). The van der Waals surface area contributed by atoms with E-state index in [1.807, 2.05) is 0 Å². The van der Waals surface area contributed by atoms with E-state index in [2.05, 4.69) is 38.8 Å². The monoisotopic (exact) mass is 323 g/mol. The predicted molar refractivity (Wildman–Crippen MR) is 81.4 cm³/mol. The smallest absolute Gasteiger partial charge is 0.133 e. The first-order chi connectivity index (χ1) is 9.24. The maximum absolute atomic E-state index is 4.77. The van der Waals surface area contributed by atoms with Gasteiger partial charge in [-0.2, -0.15) is 0 Å². The van der Waals surface area contributed by atoms with Crippen molar-refractivity contribution >= 4 is 21.7 Å². The van der Waals surface area contributed by atoms with Gasteiger partial charge >= 0.3 is 0 Å². The molecule has 1 heterocycles. The molecule has 1 aromatic heterocycles. The van der Waals surface area contributed by atoms with Crippen LogP contribution < -0.4 is 4.90 Å². The number of halogens is 1. The zero-order valence-corrected chi connectivity index (χ0v) is 13.2. The highest BCUT2D eigenvalue weighted by Gasteiger charge is 2.30.